The number of hydrogen-bond acceptors (Lipinski definition) is 3. The lowest BCUT2D eigenvalue weighted by Crippen LogP contribution is -2.63. The number of nitrogens with zero attached hydrogens (tertiary/aromatic N) is 3. The van der Waals surface area contributed by atoms with Gasteiger partial charge in [-0.1, -0.05) is 50.0 Å². The van der Waals surface area contributed by atoms with E-state index in [0.717, 1.165) is 5.69 Å². The average molecular weight is 508 g/mol. The fourth-order valence-corrected chi connectivity index (χ4v) is 4.56. The van der Waals surface area contributed by atoms with E-state index in [-0.39, 0.29) is 22.3 Å². The number of rotatable bonds is 3. The van der Waals surface area contributed by atoms with Gasteiger partial charge in [0.25, 0.3) is 5.91 Å². The third kappa shape index (κ3) is 4.74. The summed E-state index contributed by atoms with van der Waals surface area (Å²) in [4.78, 5) is 42.6. The smallest absolute Gasteiger partial charge is 0.324 e. The Hall–Kier alpha value is -2.71. The van der Waals surface area contributed by atoms with Crippen molar-refractivity contribution in [2.75, 3.05) is 30.8 Å². The molecule has 1 saturated heterocycles. The topological polar surface area (TPSA) is 86.7 Å². The van der Waals surface area contributed by atoms with Gasteiger partial charge < -0.3 is 19.7 Å². The molecule has 184 valence electrons. The fourth-order valence-electron chi connectivity index (χ4n) is 4.21. The van der Waals surface area contributed by atoms with E-state index in [9.17, 15) is 14.4 Å². The number of amides is 4. The molecule has 0 aliphatic carbocycles. The van der Waals surface area contributed by atoms with Gasteiger partial charge in [0.1, 0.15) is 11.4 Å². The molecule has 2 aromatic rings. The summed E-state index contributed by atoms with van der Waals surface area (Å²) >= 11 is 12.2. The Morgan fingerprint density at radius 3 is 2.32 bits per heavy atom. The van der Waals surface area contributed by atoms with Crippen LogP contribution in [0.3, 0.4) is 0 Å². The highest BCUT2D eigenvalue weighted by Gasteiger charge is 2.44. The van der Waals surface area contributed by atoms with E-state index >= 15 is 0 Å². The molecule has 0 unspecified atom stereocenters. The number of benzene rings is 1. The molecule has 1 aromatic carbocycles. The van der Waals surface area contributed by atoms with Crippen molar-refractivity contribution in [3.8, 4) is 0 Å². The summed E-state index contributed by atoms with van der Waals surface area (Å²) in [6, 6.07) is 6.13. The Morgan fingerprint density at radius 1 is 1.06 bits per heavy atom. The van der Waals surface area contributed by atoms with Gasteiger partial charge in [0.2, 0.25) is 5.91 Å². The number of nitrogens with one attached hydrogen (secondary N) is 2. The van der Waals surface area contributed by atoms with E-state index in [4.69, 9.17) is 23.2 Å². The van der Waals surface area contributed by atoms with Gasteiger partial charge in [0.15, 0.2) is 0 Å². The summed E-state index contributed by atoms with van der Waals surface area (Å²) in [5.41, 5.74) is 0.186. The zero-order chi connectivity index (χ0) is 25.6. The van der Waals surface area contributed by atoms with Crippen LogP contribution < -0.4 is 10.6 Å². The molecule has 34 heavy (non-hydrogen) atoms. The molecular weight excluding hydrogens is 477 g/mol. The molecule has 1 aliphatic heterocycles. The monoisotopic (exact) mass is 507 g/mol. The number of likely N-dealkylation sites (N-methyl/N-ethyl adjacent to an activating group) is 1. The third-order valence-corrected chi connectivity index (χ3v) is 6.93. The Balaban J connectivity index is 2.00. The molecule has 1 aromatic heterocycles. The fraction of sp³-hybridized carbons (Fsp3) is 0.458. The van der Waals surface area contributed by atoms with Crippen molar-refractivity contribution in [3.63, 3.8) is 0 Å². The van der Waals surface area contributed by atoms with Crippen LogP contribution in [0.5, 0.6) is 0 Å². The Morgan fingerprint density at radius 2 is 1.71 bits per heavy atom. The number of anilines is 2. The Bertz CT molecular complexity index is 1150. The van der Waals surface area contributed by atoms with Crippen molar-refractivity contribution < 1.29 is 14.4 Å². The molecule has 1 fully saturated rings. The van der Waals surface area contributed by atoms with Crippen molar-refractivity contribution in [1.82, 2.24) is 14.4 Å². The van der Waals surface area contributed by atoms with Gasteiger partial charge in [-0.3, -0.25) is 14.9 Å². The Kier molecular flexibility index (Phi) is 6.97. The molecule has 0 atom stereocenters. The first kappa shape index (κ1) is 25.9. The molecule has 4 amide bonds. The van der Waals surface area contributed by atoms with Gasteiger partial charge in [-0.05, 0) is 32.0 Å². The van der Waals surface area contributed by atoms with E-state index in [1.807, 2.05) is 20.8 Å². The predicted octanol–water partition coefficient (Wildman–Crippen LogP) is 4.97. The van der Waals surface area contributed by atoms with Crippen molar-refractivity contribution in [2.24, 2.45) is 7.05 Å². The first-order valence-electron chi connectivity index (χ1n) is 11.0. The number of hydrogen-bond donors (Lipinski definition) is 2. The third-order valence-electron chi connectivity index (χ3n) is 6.11. The summed E-state index contributed by atoms with van der Waals surface area (Å²) in [5.74, 6) is -0.136. The van der Waals surface area contributed by atoms with E-state index in [1.165, 1.54) is 0 Å². The number of urea groups is 1. The maximum absolute atomic E-state index is 13.8. The summed E-state index contributed by atoms with van der Waals surface area (Å²) in [6.45, 7) is 10.4. The molecule has 2 N–H and O–H groups in total. The van der Waals surface area contributed by atoms with Crippen molar-refractivity contribution in [2.45, 2.75) is 45.6 Å². The molecule has 0 saturated carbocycles. The highest BCUT2D eigenvalue weighted by molar-refractivity contribution is 6.44. The van der Waals surface area contributed by atoms with E-state index in [2.05, 4.69) is 10.6 Å². The van der Waals surface area contributed by atoms with Gasteiger partial charge in [-0.25, -0.2) is 4.79 Å². The molecule has 0 bridgehead atoms. The standard InChI is InChI=1S/C24H31Cl2N5O3/c1-23(2,3)17-13-14(20(32)31-12-11-29(6)21(33)24(31,4)5)19(30(17)7)28-22(34)27-16-10-8-9-15(25)18(16)26/h8-10,13H,11-12H2,1-7H3,(H2,27,28,34). The summed E-state index contributed by atoms with van der Waals surface area (Å²) in [5, 5.41) is 6.02. The second-order valence-electron chi connectivity index (χ2n) is 10.0. The number of piperazine rings is 1. The lowest BCUT2D eigenvalue weighted by atomic mass is 9.91. The predicted molar refractivity (Wildman–Crippen MR) is 136 cm³/mol. The normalized spacial score (nSPS) is 16.0. The summed E-state index contributed by atoms with van der Waals surface area (Å²) in [6.07, 6.45) is 0. The molecule has 0 spiro atoms. The minimum atomic E-state index is -1.02. The average Bonchev–Trinajstić information content (AvgIpc) is 3.06. The lowest BCUT2D eigenvalue weighted by Gasteiger charge is -2.44. The summed E-state index contributed by atoms with van der Waals surface area (Å²) in [7, 11) is 3.52. The summed E-state index contributed by atoms with van der Waals surface area (Å²) < 4.78 is 1.79. The zero-order valence-corrected chi connectivity index (χ0v) is 22.1. The molecule has 2 heterocycles. The van der Waals surface area contributed by atoms with Gasteiger partial charge in [-0.2, -0.15) is 0 Å². The van der Waals surface area contributed by atoms with Crippen LogP contribution >= 0.6 is 23.2 Å². The van der Waals surface area contributed by atoms with Crippen LogP contribution in [0.4, 0.5) is 16.3 Å². The number of halogens is 2. The maximum Gasteiger partial charge on any atom is 0.324 e. The van der Waals surface area contributed by atoms with Crippen molar-refractivity contribution in [3.05, 3.63) is 45.6 Å². The van der Waals surface area contributed by atoms with Crippen molar-refractivity contribution in [1.29, 1.82) is 0 Å². The SMILES string of the molecule is CN1CCN(C(=O)c2cc(C(C)(C)C)n(C)c2NC(=O)Nc2cccc(Cl)c2Cl)C(C)(C)C1=O. The first-order chi connectivity index (χ1) is 15.7. The van der Waals surface area contributed by atoms with Crippen LogP contribution in [0.2, 0.25) is 10.0 Å². The van der Waals surface area contributed by atoms with Crippen LogP contribution in [0.1, 0.15) is 50.7 Å². The van der Waals surface area contributed by atoms with Gasteiger partial charge in [0, 0.05) is 38.3 Å². The van der Waals surface area contributed by atoms with Crippen molar-refractivity contribution >= 4 is 52.6 Å². The first-order valence-corrected chi connectivity index (χ1v) is 11.7. The Labute approximate surface area is 210 Å². The number of aromatic nitrogens is 1. The highest BCUT2D eigenvalue weighted by Crippen LogP contribution is 2.34. The van der Waals surface area contributed by atoms with Gasteiger partial charge in [0.05, 0.1) is 21.3 Å². The van der Waals surface area contributed by atoms with E-state index in [0.29, 0.717) is 35.2 Å². The van der Waals surface area contributed by atoms with Crippen LogP contribution in [0.15, 0.2) is 24.3 Å². The lowest BCUT2D eigenvalue weighted by molar-refractivity contribution is -0.144. The molecule has 0 radical (unpaired) electrons. The van der Waals surface area contributed by atoms with Crippen LogP contribution in [0, 0.1) is 0 Å². The maximum atomic E-state index is 13.8. The van der Waals surface area contributed by atoms with Crippen LogP contribution in [-0.4, -0.2) is 57.9 Å². The van der Waals surface area contributed by atoms with Gasteiger partial charge >= 0.3 is 6.03 Å². The number of carbonyl (C=O) groups excluding carboxylic acids is 3. The molecule has 1 aliphatic rings. The minimum absolute atomic E-state index is 0.137. The minimum Gasteiger partial charge on any atom is -0.342 e. The van der Waals surface area contributed by atoms with Crippen LogP contribution in [-0.2, 0) is 17.3 Å². The zero-order valence-electron chi connectivity index (χ0n) is 20.5. The van der Waals surface area contributed by atoms with E-state index < -0.39 is 11.6 Å². The molecule has 3 rings (SSSR count). The van der Waals surface area contributed by atoms with E-state index in [1.54, 1.807) is 66.6 Å². The van der Waals surface area contributed by atoms with Gasteiger partial charge in [-0.15, -0.1) is 0 Å². The number of carbonyl (C=O) groups is 3. The highest BCUT2D eigenvalue weighted by atomic mass is 35.5. The van der Waals surface area contributed by atoms with Crippen LogP contribution in [0.25, 0.3) is 0 Å². The quantitative estimate of drug-likeness (QED) is 0.614. The largest absolute Gasteiger partial charge is 0.342 e. The molecule has 8 nitrogen and oxygen atoms in total. The second kappa shape index (κ2) is 9.15. The molecule has 10 heteroatoms. The molecular formula is C24H31Cl2N5O3. The second-order valence-corrected chi connectivity index (χ2v) is 10.8.